The van der Waals surface area contributed by atoms with E-state index in [9.17, 15) is 8.78 Å². The van der Waals surface area contributed by atoms with Gasteiger partial charge in [0.25, 0.3) is 0 Å². The van der Waals surface area contributed by atoms with E-state index in [4.69, 9.17) is 16.3 Å². The minimum absolute atomic E-state index is 0.141. The fraction of sp³-hybridized carbons (Fsp3) is 0.0769. The van der Waals surface area contributed by atoms with Gasteiger partial charge in [-0.1, -0.05) is 11.6 Å². The van der Waals surface area contributed by atoms with E-state index in [1.165, 1.54) is 31.4 Å². The van der Waals surface area contributed by atoms with Crippen molar-refractivity contribution in [2.75, 3.05) is 7.11 Å². The molecule has 2 aromatic carbocycles. The quantitative estimate of drug-likeness (QED) is 0.698. The van der Waals surface area contributed by atoms with E-state index in [1.54, 1.807) is 6.07 Å². The zero-order chi connectivity index (χ0) is 13.3. The molecule has 1 nitrogen and oxygen atoms in total. The maximum Gasteiger partial charge on any atom is 0.148 e. The fourth-order valence-corrected chi connectivity index (χ4v) is 2.14. The molecule has 0 heterocycles. The lowest BCUT2D eigenvalue weighted by Gasteiger charge is -2.11. The van der Waals surface area contributed by atoms with Gasteiger partial charge in [-0.3, -0.25) is 0 Å². The molecule has 0 aliphatic carbocycles. The minimum Gasteiger partial charge on any atom is -0.496 e. The number of methoxy groups -OCH3 is 1. The van der Waals surface area contributed by atoms with Crippen LogP contribution in [-0.2, 0) is 0 Å². The van der Waals surface area contributed by atoms with Crippen LogP contribution < -0.4 is 4.74 Å². The zero-order valence-electron chi connectivity index (χ0n) is 9.31. The van der Waals surface area contributed by atoms with Gasteiger partial charge in [-0.25, -0.2) is 8.78 Å². The maximum absolute atomic E-state index is 14.0. The number of benzene rings is 2. The average Bonchev–Trinajstić information content (AvgIpc) is 2.36. The van der Waals surface area contributed by atoms with E-state index in [1.807, 2.05) is 0 Å². The Labute approximate surface area is 116 Å². The standard InChI is InChI=1S/C13H8BrClF2O/c1-18-11-6-7(15)2-3-8(11)12-10(16)5-4-9(14)13(12)17/h2-6H,1H3. The summed E-state index contributed by atoms with van der Waals surface area (Å²) in [6.07, 6.45) is 0. The third-order valence-corrected chi connectivity index (χ3v) is 3.32. The van der Waals surface area contributed by atoms with Crippen LogP contribution in [0.1, 0.15) is 0 Å². The second-order valence-electron chi connectivity index (χ2n) is 3.56. The van der Waals surface area contributed by atoms with E-state index >= 15 is 0 Å². The molecule has 0 aliphatic rings. The van der Waals surface area contributed by atoms with E-state index in [2.05, 4.69) is 15.9 Å². The van der Waals surface area contributed by atoms with Crippen molar-refractivity contribution in [3.8, 4) is 16.9 Å². The predicted molar refractivity (Wildman–Crippen MR) is 71.1 cm³/mol. The molecule has 0 aromatic heterocycles. The van der Waals surface area contributed by atoms with Gasteiger partial charge < -0.3 is 4.74 Å². The molecule has 0 N–H and O–H groups in total. The highest BCUT2D eigenvalue weighted by atomic mass is 79.9. The van der Waals surface area contributed by atoms with Gasteiger partial charge in [0.15, 0.2) is 0 Å². The van der Waals surface area contributed by atoms with Gasteiger partial charge in [0.1, 0.15) is 17.4 Å². The Balaban J connectivity index is 2.73. The van der Waals surface area contributed by atoms with Crippen LogP contribution in [0, 0.1) is 11.6 Å². The van der Waals surface area contributed by atoms with E-state index in [0.29, 0.717) is 16.3 Å². The lowest BCUT2D eigenvalue weighted by Crippen LogP contribution is -1.95. The fourth-order valence-electron chi connectivity index (χ4n) is 1.65. The largest absolute Gasteiger partial charge is 0.496 e. The van der Waals surface area contributed by atoms with Gasteiger partial charge in [-0.15, -0.1) is 0 Å². The second-order valence-corrected chi connectivity index (χ2v) is 4.85. The van der Waals surface area contributed by atoms with Crippen molar-refractivity contribution in [1.82, 2.24) is 0 Å². The zero-order valence-corrected chi connectivity index (χ0v) is 11.6. The maximum atomic E-state index is 14.0. The molecule has 0 bridgehead atoms. The van der Waals surface area contributed by atoms with Crippen molar-refractivity contribution >= 4 is 27.5 Å². The van der Waals surface area contributed by atoms with Gasteiger partial charge in [-0.05, 0) is 46.3 Å². The Morgan fingerprint density at radius 1 is 1.17 bits per heavy atom. The third kappa shape index (κ3) is 2.35. The van der Waals surface area contributed by atoms with Crippen LogP contribution in [0.4, 0.5) is 8.78 Å². The van der Waals surface area contributed by atoms with Crippen molar-refractivity contribution in [1.29, 1.82) is 0 Å². The van der Waals surface area contributed by atoms with E-state index < -0.39 is 11.6 Å². The van der Waals surface area contributed by atoms with E-state index in [0.717, 1.165) is 0 Å². The molecular weight excluding hydrogens is 325 g/mol. The molecule has 2 rings (SSSR count). The van der Waals surface area contributed by atoms with Gasteiger partial charge >= 0.3 is 0 Å². The molecule has 5 heteroatoms. The first-order chi connectivity index (χ1) is 8.54. The van der Waals surface area contributed by atoms with Crippen LogP contribution in [0.15, 0.2) is 34.8 Å². The Kier molecular flexibility index (Phi) is 3.88. The summed E-state index contributed by atoms with van der Waals surface area (Å²) in [7, 11) is 1.42. The monoisotopic (exact) mass is 332 g/mol. The van der Waals surface area contributed by atoms with Gasteiger partial charge in [0.2, 0.25) is 0 Å². The second kappa shape index (κ2) is 5.24. The smallest absolute Gasteiger partial charge is 0.148 e. The van der Waals surface area contributed by atoms with Crippen LogP contribution in [0.3, 0.4) is 0 Å². The first kappa shape index (κ1) is 13.3. The third-order valence-electron chi connectivity index (χ3n) is 2.48. The molecule has 18 heavy (non-hydrogen) atoms. The Hall–Kier alpha value is -1.13. The number of ether oxygens (including phenoxy) is 1. The molecule has 0 atom stereocenters. The van der Waals surface area contributed by atoms with Crippen LogP contribution in [0.25, 0.3) is 11.1 Å². The van der Waals surface area contributed by atoms with E-state index in [-0.39, 0.29) is 10.0 Å². The van der Waals surface area contributed by atoms with Crippen molar-refractivity contribution in [3.63, 3.8) is 0 Å². The summed E-state index contributed by atoms with van der Waals surface area (Å²) in [5, 5.41) is 0.436. The summed E-state index contributed by atoms with van der Waals surface area (Å²) in [6.45, 7) is 0. The SMILES string of the molecule is COc1cc(Cl)ccc1-c1c(F)ccc(Br)c1F. The van der Waals surface area contributed by atoms with Crippen molar-refractivity contribution in [2.45, 2.75) is 0 Å². The molecular formula is C13H8BrClF2O. The highest BCUT2D eigenvalue weighted by Gasteiger charge is 2.18. The molecule has 0 saturated carbocycles. The first-order valence-corrected chi connectivity index (χ1v) is 6.19. The number of hydrogen-bond donors (Lipinski definition) is 0. The minimum atomic E-state index is -0.671. The summed E-state index contributed by atoms with van der Waals surface area (Å²) in [4.78, 5) is 0. The Morgan fingerprint density at radius 2 is 1.89 bits per heavy atom. The van der Waals surface area contributed by atoms with Crippen LogP contribution >= 0.6 is 27.5 Å². The molecule has 2 aromatic rings. The summed E-state index contributed by atoms with van der Waals surface area (Å²) < 4.78 is 33.1. The number of hydrogen-bond acceptors (Lipinski definition) is 1. The molecule has 0 aliphatic heterocycles. The highest BCUT2D eigenvalue weighted by Crippen LogP contribution is 2.37. The van der Waals surface area contributed by atoms with Crippen LogP contribution in [0.5, 0.6) is 5.75 Å². The van der Waals surface area contributed by atoms with Crippen LogP contribution in [-0.4, -0.2) is 7.11 Å². The van der Waals surface area contributed by atoms with Crippen LogP contribution in [0.2, 0.25) is 5.02 Å². The lowest BCUT2D eigenvalue weighted by molar-refractivity contribution is 0.415. The summed E-state index contributed by atoms with van der Waals surface area (Å²) in [5.74, 6) is -1.01. The summed E-state index contributed by atoms with van der Waals surface area (Å²) in [5.41, 5.74) is 0.177. The molecule has 0 spiro atoms. The molecule has 0 unspecified atom stereocenters. The molecule has 0 radical (unpaired) electrons. The van der Waals surface area contributed by atoms with Crippen molar-refractivity contribution < 1.29 is 13.5 Å². The predicted octanol–water partition coefficient (Wildman–Crippen LogP) is 5.06. The summed E-state index contributed by atoms with van der Waals surface area (Å²) >= 11 is 8.85. The highest BCUT2D eigenvalue weighted by molar-refractivity contribution is 9.10. The molecule has 0 fully saturated rings. The molecule has 0 saturated heterocycles. The molecule has 0 amide bonds. The first-order valence-electron chi connectivity index (χ1n) is 5.02. The average molecular weight is 334 g/mol. The topological polar surface area (TPSA) is 9.23 Å². The van der Waals surface area contributed by atoms with Gasteiger partial charge in [-0.2, -0.15) is 0 Å². The van der Waals surface area contributed by atoms with Gasteiger partial charge in [0.05, 0.1) is 17.1 Å². The Morgan fingerprint density at radius 3 is 2.56 bits per heavy atom. The van der Waals surface area contributed by atoms with Crippen molar-refractivity contribution in [2.24, 2.45) is 0 Å². The molecule has 94 valence electrons. The Bertz CT molecular complexity index is 602. The lowest BCUT2D eigenvalue weighted by atomic mass is 10.0. The van der Waals surface area contributed by atoms with Crippen molar-refractivity contribution in [3.05, 3.63) is 51.5 Å². The normalized spacial score (nSPS) is 10.5. The summed E-state index contributed by atoms with van der Waals surface area (Å²) in [6, 6.07) is 7.10. The van der Waals surface area contributed by atoms with Gasteiger partial charge in [0, 0.05) is 10.6 Å². The number of halogens is 4. The number of rotatable bonds is 2.